The molecule has 3 fully saturated rings. The van der Waals surface area contributed by atoms with Gasteiger partial charge >= 0.3 is 0 Å². The molecular formula is C26H37IN4O3. The number of imidazole rings is 1. The largest absolute Gasteiger partial charge is 0.393 e. The number of aromatic nitrogens is 2. The number of rotatable bonds is 6. The van der Waals surface area contributed by atoms with Crippen molar-refractivity contribution in [2.24, 2.45) is 33.7 Å². The van der Waals surface area contributed by atoms with Gasteiger partial charge in [0.05, 0.1) is 17.5 Å². The molecule has 1 aromatic rings. The van der Waals surface area contributed by atoms with E-state index >= 15 is 0 Å². The van der Waals surface area contributed by atoms with Crippen molar-refractivity contribution in [2.45, 2.75) is 77.7 Å². The number of hydrogen-bond acceptors (Lipinski definition) is 5. The number of halogens is 1. The maximum Gasteiger partial charge on any atom is 0.260 e. The van der Waals surface area contributed by atoms with Gasteiger partial charge in [0.25, 0.3) is 5.91 Å². The molecule has 0 bridgehead atoms. The Morgan fingerprint density at radius 1 is 1.26 bits per heavy atom. The predicted molar refractivity (Wildman–Crippen MR) is 139 cm³/mol. The molecule has 3 saturated carbocycles. The lowest BCUT2D eigenvalue weighted by molar-refractivity contribution is -0.125. The molecular weight excluding hydrogens is 543 g/mol. The van der Waals surface area contributed by atoms with Gasteiger partial charge in [-0.2, -0.15) is 0 Å². The van der Waals surface area contributed by atoms with Gasteiger partial charge in [-0.3, -0.25) is 4.79 Å². The minimum Gasteiger partial charge on any atom is -0.393 e. The van der Waals surface area contributed by atoms with Gasteiger partial charge in [0.2, 0.25) is 0 Å². The Morgan fingerprint density at radius 2 is 2.12 bits per heavy atom. The third kappa shape index (κ3) is 4.45. The van der Waals surface area contributed by atoms with E-state index in [1.807, 2.05) is 6.20 Å². The van der Waals surface area contributed by atoms with Gasteiger partial charge in [-0.25, -0.2) is 4.98 Å². The van der Waals surface area contributed by atoms with E-state index in [9.17, 15) is 9.90 Å². The van der Waals surface area contributed by atoms with Crippen LogP contribution in [-0.4, -0.2) is 45.9 Å². The number of oxime groups is 1. The Hall–Kier alpha value is -1.42. The van der Waals surface area contributed by atoms with Crippen LogP contribution < -0.4 is 5.32 Å². The second-order valence-electron chi connectivity index (χ2n) is 11.3. The number of amides is 1. The molecule has 3 N–H and O–H groups in total. The minimum absolute atomic E-state index is 0.0602. The maximum absolute atomic E-state index is 12.1. The van der Waals surface area contributed by atoms with Gasteiger partial charge in [-0.1, -0.05) is 24.6 Å². The number of allylic oxidation sites excluding steroid dienone is 2. The highest BCUT2D eigenvalue weighted by atomic mass is 127. The number of nitrogens with one attached hydrogen (secondary N) is 2. The molecule has 1 heterocycles. The van der Waals surface area contributed by atoms with Crippen molar-refractivity contribution >= 4 is 34.2 Å². The standard InChI is InChI=1S/C26H37IN4O3/c1-25-10-7-17(31-34-15-23(33)28-12-9-18-14-29-24(27)30-18)13-16(25)3-4-19-20-5-6-22(32)26(20,2)11-8-21(19)25/h13-14,19-22,32H,3-12,15H2,1-2H3,(H,28,33)(H,29,30)/t19?,20?,21?,22-,25-,26-/m0/s1. The lowest BCUT2D eigenvalue weighted by Crippen LogP contribution is -2.51. The van der Waals surface area contributed by atoms with Crippen molar-refractivity contribution in [3.8, 4) is 0 Å². The fourth-order valence-electron chi connectivity index (χ4n) is 7.63. The molecule has 6 atom stereocenters. The monoisotopic (exact) mass is 580 g/mol. The molecule has 0 spiro atoms. The van der Waals surface area contributed by atoms with E-state index in [-0.39, 0.29) is 29.4 Å². The van der Waals surface area contributed by atoms with Gasteiger partial charge in [-0.05, 0) is 109 Å². The quantitative estimate of drug-likeness (QED) is 0.344. The number of aromatic amines is 1. The number of carbonyl (C=O) groups excluding carboxylic acids is 1. The second-order valence-corrected chi connectivity index (χ2v) is 12.3. The molecule has 186 valence electrons. The molecule has 7 nitrogen and oxygen atoms in total. The molecule has 0 aliphatic heterocycles. The van der Waals surface area contributed by atoms with Crippen molar-refractivity contribution in [3.05, 3.63) is 27.4 Å². The van der Waals surface area contributed by atoms with Gasteiger partial charge in [-0.15, -0.1) is 0 Å². The normalized spacial score (nSPS) is 38.0. The topological polar surface area (TPSA) is 99.6 Å². The Kier molecular flexibility index (Phi) is 6.83. The highest BCUT2D eigenvalue weighted by Gasteiger charge is 2.58. The van der Waals surface area contributed by atoms with E-state index in [1.165, 1.54) is 24.8 Å². The van der Waals surface area contributed by atoms with Crippen molar-refractivity contribution < 1.29 is 14.7 Å². The zero-order valence-electron chi connectivity index (χ0n) is 20.3. The van der Waals surface area contributed by atoms with E-state index < -0.39 is 0 Å². The number of fused-ring (bicyclic) bond motifs is 5. The van der Waals surface area contributed by atoms with Gasteiger partial charge < -0.3 is 20.2 Å². The maximum atomic E-state index is 12.1. The number of carbonyl (C=O) groups is 1. The zero-order chi connectivity index (χ0) is 23.9. The number of aliphatic hydroxyl groups is 1. The summed E-state index contributed by atoms with van der Waals surface area (Å²) in [5, 5.41) is 17.8. The second kappa shape index (κ2) is 9.56. The van der Waals surface area contributed by atoms with E-state index in [0.29, 0.717) is 24.8 Å². The van der Waals surface area contributed by atoms with E-state index in [4.69, 9.17) is 4.84 Å². The average Bonchev–Trinajstić information content (AvgIpc) is 3.36. The minimum atomic E-state index is -0.160. The first kappa shape index (κ1) is 24.3. The number of nitrogens with zero attached hydrogens (tertiary/aromatic N) is 2. The Bertz CT molecular complexity index is 990. The molecule has 3 unspecified atom stereocenters. The highest BCUT2D eigenvalue weighted by molar-refractivity contribution is 14.1. The van der Waals surface area contributed by atoms with Crippen LogP contribution in [-0.2, 0) is 16.1 Å². The van der Waals surface area contributed by atoms with Crippen LogP contribution in [0.15, 0.2) is 23.0 Å². The lowest BCUT2D eigenvalue weighted by atomic mass is 9.47. The van der Waals surface area contributed by atoms with E-state index in [2.05, 4.69) is 63.0 Å². The SMILES string of the molecule is C[C@]12CCC(=NOCC(=O)NCCc3c[nH]c(I)n3)C=C1CCC1C2CC[C@@]2(C)C1CC[C@@H]2O. The van der Waals surface area contributed by atoms with Gasteiger partial charge in [0, 0.05) is 19.2 Å². The Balaban J connectivity index is 1.15. The van der Waals surface area contributed by atoms with Crippen LogP contribution in [0.2, 0.25) is 0 Å². The summed E-state index contributed by atoms with van der Waals surface area (Å²) in [6.45, 7) is 5.28. The van der Waals surface area contributed by atoms with Crippen LogP contribution in [0.4, 0.5) is 0 Å². The summed E-state index contributed by atoms with van der Waals surface area (Å²) in [5.74, 6) is 1.96. The summed E-state index contributed by atoms with van der Waals surface area (Å²) in [4.78, 5) is 24.9. The summed E-state index contributed by atoms with van der Waals surface area (Å²) in [7, 11) is 0. The van der Waals surface area contributed by atoms with E-state index in [0.717, 1.165) is 53.3 Å². The summed E-state index contributed by atoms with van der Waals surface area (Å²) in [6.07, 6.45) is 13.6. The van der Waals surface area contributed by atoms with Crippen molar-refractivity contribution in [2.75, 3.05) is 13.2 Å². The third-order valence-corrected chi connectivity index (χ3v) is 10.2. The Morgan fingerprint density at radius 3 is 2.91 bits per heavy atom. The predicted octanol–water partition coefficient (Wildman–Crippen LogP) is 4.37. The molecule has 5 rings (SSSR count). The first-order valence-corrected chi connectivity index (χ1v) is 13.9. The molecule has 8 heteroatoms. The third-order valence-electron chi connectivity index (χ3n) is 9.61. The van der Waals surface area contributed by atoms with Crippen LogP contribution in [0, 0.1) is 32.4 Å². The fourth-order valence-corrected chi connectivity index (χ4v) is 8.10. The highest BCUT2D eigenvalue weighted by Crippen LogP contribution is 2.65. The molecule has 0 radical (unpaired) electrons. The van der Waals surface area contributed by atoms with Crippen molar-refractivity contribution in [1.82, 2.24) is 15.3 Å². The summed E-state index contributed by atoms with van der Waals surface area (Å²) in [5.41, 5.74) is 3.78. The molecule has 0 aromatic carbocycles. The molecule has 4 aliphatic carbocycles. The zero-order valence-corrected chi connectivity index (χ0v) is 22.4. The summed E-state index contributed by atoms with van der Waals surface area (Å²) in [6, 6.07) is 0. The molecule has 1 amide bonds. The van der Waals surface area contributed by atoms with Crippen LogP contribution in [0.3, 0.4) is 0 Å². The number of H-pyrrole nitrogens is 1. The van der Waals surface area contributed by atoms with Crippen LogP contribution in [0.5, 0.6) is 0 Å². The lowest BCUT2D eigenvalue weighted by Gasteiger charge is -2.57. The molecule has 0 saturated heterocycles. The van der Waals surface area contributed by atoms with Crippen LogP contribution in [0.1, 0.15) is 70.9 Å². The smallest absolute Gasteiger partial charge is 0.260 e. The fraction of sp³-hybridized carbons (Fsp3) is 0.731. The molecule has 4 aliphatic rings. The number of aliphatic hydroxyl groups excluding tert-OH is 1. The van der Waals surface area contributed by atoms with Crippen molar-refractivity contribution in [1.29, 1.82) is 0 Å². The summed E-state index contributed by atoms with van der Waals surface area (Å²) >= 11 is 2.13. The Labute approximate surface area is 215 Å². The van der Waals surface area contributed by atoms with Crippen molar-refractivity contribution in [3.63, 3.8) is 0 Å². The van der Waals surface area contributed by atoms with Gasteiger partial charge in [0.15, 0.2) is 10.4 Å². The van der Waals surface area contributed by atoms with E-state index in [1.54, 1.807) is 0 Å². The number of hydrogen-bond donors (Lipinski definition) is 3. The first-order valence-electron chi connectivity index (χ1n) is 12.8. The average molecular weight is 581 g/mol. The summed E-state index contributed by atoms with van der Waals surface area (Å²) < 4.78 is 0.851. The first-order chi connectivity index (χ1) is 16.3. The van der Waals surface area contributed by atoms with Crippen LogP contribution >= 0.6 is 22.6 Å². The molecule has 34 heavy (non-hydrogen) atoms. The molecule has 1 aromatic heterocycles. The van der Waals surface area contributed by atoms with Crippen LogP contribution in [0.25, 0.3) is 0 Å². The van der Waals surface area contributed by atoms with Gasteiger partial charge in [0.1, 0.15) is 0 Å².